The molecule has 0 fully saturated rings. The molecular formula is C15H22N2O4. The van der Waals surface area contributed by atoms with Crippen molar-refractivity contribution in [2.75, 3.05) is 27.0 Å². The van der Waals surface area contributed by atoms with E-state index in [2.05, 4.69) is 17.6 Å². The largest absolute Gasteiger partial charge is 0.493 e. The molecular weight excluding hydrogens is 272 g/mol. The minimum Gasteiger partial charge on any atom is -0.493 e. The van der Waals surface area contributed by atoms with Crippen LogP contribution in [0.15, 0.2) is 12.1 Å². The van der Waals surface area contributed by atoms with Gasteiger partial charge in [-0.1, -0.05) is 6.92 Å². The maximum atomic E-state index is 11.2. The lowest BCUT2D eigenvalue weighted by atomic mass is 10.1. The summed E-state index contributed by atoms with van der Waals surface area (Å²) in [7, 11) is 1.61. The Morgan fingerprint density at radius 1 is 1.33 bits per heavy atom. The van der Waals surface area contributed by atoms with Gasteiger partial charge in [0.1, 0.15) is 5.75 Å². The third-order valence-electron chi connectivity index (χ3n) is 3.16. The fraction of sp³-hybridized carbons (Fsp3) is 0.533. The quantitative estimate of drug-likeness (QED) is 0.710. The third kappa shape index (κ3) is 4.26. The number of rotatable bonds is 8. The van der Waals surface area contributed by atoms with E-state index in [1.54, 1.807) is 7.05 Å². The van der Waals surface area contributed by atoms with Crippen molar-refractivity contribution < 1.29 is 19.0 Å². The van der Waals surface area contributed by atoms with Crippen molar-refractivity contribution in [1.82, 2.24) is 10.6 Å². The molecule has 1 heterocycles. The Hall–Kier alpha value is -1.95. The first-order valence-corrected chi connectivity index (χ1v) is 7.21. The number of amides is 1. The van der Waals surface area contributed by atoms with E-state index in [0.29, 0.717) is 25.3 Å². The molecule has 0 bridgehead atoms. The molecule has 6 nitrogen and oxygen atoms in total. The highest BCUT2D eigenvalue weighted by Crippen LogP contribution is 2.38. The summed E-state index contributed by atoms with van der Waals surface area (Å²) in [4.78, 5) is 11.2. The summed E-state index contributed by atoms with van der Waals surface area (Å²) >= 11 is 0. The number of fused-ring (bicyclic) bond motifs is 1. The van der Waals surface area contributed by atoms with Crippen molar-refractivity contribution in [2.24, 2.45) is 0 Å². The lowest BCUT2D eigenvalue weighted by Gasteiger charge is -2.13. The highest BCUT2D eigenvalue weighted by Gasteiger charge is 2.18. The number of ether oxygens (including phenoxy) is 3. The van der Waals surface area contributed by atoms with Crippen LogP contribution in [-0.2, 0) is 11.3 Å². The smallest absolute Gasteiger partial charge is 0.231 e. The second-order valence-electron chi connectivity index (χ2n) is 4.76. The zero-order valence-electron chi connectivity index (χ0n) is 12.5. The van der Waals surface area contributed by atoms with Crippen LogP contribution in [0.25, 0.3) is 0 Å². The number of hydrogen-bond acceptors (Lipinski definition) is 5. The van der Waals surface area contributed by atoms with E-state index < -0.39 is 0 Å². The van der Waals surface area contributed by atoms with Crippen LogP contribution in [0.1, 0.15) is 25.3 Å². The number of carbonyl (C=O) groups is 1. The van der Waals surface area contributed by atoms with Crippen molar-refractivity contribution in [3.05, 3.63) is 17.7 Å². The lowest BCUT2D eigenvalue weighted by Crippen LogP contribution is -2.20. The van der Waals surface area contributed by atoms with Crippen LogP contribution < -0.4 is 24.8 Å². The van der Waals surface area contributed by atoms with Crippen molar-refractivity contribution in [1.29, 1.82) is 0 Å². The van der Waals surface area contributed by atoms with Gasteiger partial charge in [0.05, 0.1) is 13.0 Å². The number of nitrogens with one attached hydrogen (secondary N) is 2. The van der Waals surface area contributed by atoms with Crippen LogP contribution in [0.2, 0.25) is 0 Å². The first-order valence-electron chi connectivity index (χ1n) is 7.21. The average molecular weight is 294 g/mol. The topological polar surface area (TPSA) is 68.8 Å². The number of benzene rings is 1. The van der Waals surface area contributed by atoms with Crippen molar-refractivity contribution in [3.63, 3.8) is 0 Å². The number of hydrogen-bond donors (Lipinski definition) is 2. The summed E-state index contributed by atoms with van der Waals surface area (Å²) in [6.07, 6.45) is 1.39. The summed E-state index contributed by atoms with van der Waals surface area (Å²) in [5.74, 6) is 2.11. The average Bonchev–Trinajstić information content (AvgIpc) is 2.94. The molecule has 116 valence electrons. The minimum atomic E-state index is -0.0404. The van der Waals surface area contributed by atoms with Crippen LogP contribution >= 0.6 is 0 Å². The molecule has 1 aromatic rings. The summed E-state index contributed by atoms with van der Waals surface area (Å²) in [6.45, 7) is 4.32. The summed E-state index contributed by atoms with van der Waals surface area (Å²) in [5, 5.41) is 5.91. The van der Waals surface area contributed by atoms with Crippen LogP contribution in [0.4, 0.5) is 0 Å². The van der Waals surface area contributed by atoms with Crippen molar-refractivity contribution >= 4 is 5.91 Å². The van der Waals surface area contributed by atoms with Gasteiger partial charge in [0.2, 0.25) is 12.7 Å². The van der Waals surface area contributed by atoms with E-state index in [4.69, 9.17) is 14.2 Å². The Balaban J connectivity index is 2.03. The van der Waals surface area contributed by atoms with Gasteiger partial charge < -0.3 is 24.8 Å². The maximum Gasteiger partial charge on any atom is 0.231 e. The van der Waals surface area contributed by atoms with Crippen molar-refractivity contribution in [2.45, 2.75) is 26.3 Å². The highest BCUT2D eigenvalue weighted by molar-refractivity contribution is 5.75. The normalized spacial score (nSPS) is 12.3. The minimum absolute atomic E-state index is 0.0404. The van der Waals surface area contributed by atoms with Gasteiger partial charge in [-0.15, -0.1) is 0 Å². The molecule has 0 unspecified atom stereocenters. The molecule has 0 atom stereocenters. The van der Waals surface area contributed by atoms with Gasteiger partial charge in [0, 0.05) is 25.2 Å². The molecule has 2 N–H and O–H groups in total. The summed E-state index contributed by atoms with van der Waals surface area (Å²) < 4.78 is 16.5. The Kier molecular flexibility index (Phi) is 5.68. The van der Waals surface area contributed by atoms with E-state index in [0.717, 1.165) is 30.0 Å². The Bertz CT molecular complexity index is 491. The molecule has 0 spiro atoms. The first kappa shape index (κ1) is 15.4. The molecule has 6 heteroatoms. The Morgan fingerprint density at radius 3 is 2.81 bits per heavy atom. The monoisotopic (exact) mass is 294 g/mol. The highest BCUT2D eigenvalue weighted by atomic mass is 16.7. The van der Waals surface area contributed by atoms with E-state index in [1.807, 2.05) is 12.1 Å². The molecule has 0 saturated heterocycles. The lowest BCUT2D eigenvalue weighted by molar-refractivity contribution is -0.121. The van der Waals surface area contributed by atoms with Gasteiger partial charge in [-0.2, -0.15) is 0 Å². The molecule has 1 aliphatic heterocycles. The predicted octanol–water partition coefficient (Wildman–Crippen LogP) is 1.43. The summed E-state index contributed by atoms with van der Waals surface area (Å²) in [5.41, 5.74) is 1.00. The first-order chi connectivity index (χ1) is 10.2. The second-order valence-corrected chi connectivity index (χ2v) is 4.76. The molecule has 0 saturated carbocycles. The van der Waals surface area contributed by atoms with Crippen LogP contribution in [0, 0.1) is 0 Å². The van der Waals surface area contributed by atoms with E-state index in [1.165, 1.54) is 0 Å². The van der Waals surface area contributed by atoms with Gasteiger partial charge in [0.25, 0.3) is 0 Å². The van der Waals surface area contributed by atoms with Gasteiger partial charge in [-0.05, 0) is 19.0 Å². The van der Waals surface area contributed by atoms with E-state index in [9.17, 15) is 4.79 Å². The third-order valence-corrected chi connectivity index (χ3v) is 3.16. The van der Waals surface area contributed by atoms with Crippen molar-refractivity contribution in [3.8, 4) is 17.2 Å². The van der Waals surface area contributed by atoms with E-state index in [-0.39, 0.29) is 12.7 Å². The van der Waals surface area contributed by atoms with Crippen LogP contribution in [-0.4, -0.2) is 32.9 Å². The van der Waals surface area contributed by atoms with E-state index >= 15 is 0 Å². The molecule has 21 heavy (non-hydrogen) atoms. The van der Waals surface area contributed by atoms with Gasteiger partial charge in [-0.25, -0.2) is 0 Å². The summed E-state index contributed by atoms with van der Waals surface area (Å²) in [6, 6.07) is 3.76. The SMILES string of the molecule is CCCNCc1cc2c(cc1OCCC(=O)NC)OCO2. The second kappa shape index (κ2) is 7.73. The predicted molar refractivity (Wildman–Crippen MR) is 78.7 cm³/mol. The van der Waals surface area contributed by atoms with Crippen LogP contribution in [0.5, 0.6) is 17.2 Å². The molecule has 0 aliphatic carbocycles. The van der Waals surface area contributed by atoms with Gasteiger partial charge in [0.15, 0.2) is 11.5 Å². The van der Waals surface area contributed by atoms with Gasteiger partial charge in [-0.3, -0.25) is 4.79 Å². The standard InChI is InChI=1S/C15H22N2O4/c1-3-5-17-9-11-7-13-14(21-10-20-13)8-12(11)19-6-4-15(18)16-2/h7-8,17H,3-6,9-10H2,1-2H3,(H,16,18). The van der Waals surface area contributed by atoms with Gasteiger partial charge >= 0.3 is 0 Å². The Labute approximate surface area is 124 Å². The zero-order chi connectivity index (χ0) is 15.1. The molecule has 1 aromatic carbocycles. The maximum absolute atomic E-state index is 11.2. The Morgan fingerprint density at radius 2 is 2.10 bits per heavy atom. The fourth-order valence-corrected chi connectivity index (χ4v) is 2.02. The number of carbonyl (C=O) groups excluding carboxylic acids is 1. The zero-order valence-corrected chi connectivity index (χ0v) is 12.5. The molecule has 1 aliphatic rings. The fourth-order valence-electron chi connectivity index (χ4n) is 2.02. The van der Waals surface area contributed by atoms with Crippen LogP contribution in [0.3, 0.4) is 0 Å². The molecule has 0 radical (unpaired) electrons. The molecule has 0 aromatic heterocycles. The molecule has 2 rings (SSSR count). The molecule has 1 amide bonds.